The van der Waals surface area contributed by atoms with Crippen LogP contribution in [0.3, 0.4) is 0 Å². The smallest absolute Gasteiger partial charge is 0.308 e. The summed E-state index contributed by atoms with van der Waals surface area (Å²) in [5.74, 6) is -1.73. The van der Waals surface area contributed by atoms with Crippen LogP contribution < -0.4 is 5.32 Å². The minimum Gasteiger partial charge on any atom is -0.481 e. The largest absolute Gasteiger partial charge is 0.481 e. The van der Waals surface area contributed by atoms with E-state index in [9.17, 15) is 9.59 Å². The average Bonchev–Trinajstić information content (AvgIpc) is 2.28. The van der Waals surface area contributed by atoms with Crippen molar-refractivity contribution >= 4 is 27.8 Å². The van der Waals surface area contributed by atoms with Crippen LogP contribution in [0.2, 0.25) is 0 Å². The highest BCUT2D eigenvalue weighted by molar-refractivity contribution is 9.10. The van der Waals surface area contributed by atoms with Gasteiger partial charge in [0.15, 0.2) is 0 Å². The third-order valence-corrected chi connectivity index (χ3v) is 3.24. The van der Waals surface area contributed by atoms with Gasteiger partial charge in [-0.15, -0.1) is 0 Å². The van der Waals surface area contributed by atoms with E-state index in [1.54, 1.807) is 24.3 Å². The fraction of sp³-hybridized carbons (Fsp3) is 0.385. The van der Waals surface area contributed by atoms with Crippen molar-refractivity contribution in [1.82, 2.24) is 5.32 Å². The highest BCUT2D eigenvalue weighted by Gasteiger charge is 2.22. The Hall–Kier alpha value is -1.36. The molecule has 1 atom stereocenters. The van der Waals surface area contributed by atoms with E-state index in [0.717, 1.165) is 4.47 Å². The van der Waals surface area contributed by atoms with E-state index in [-0.39, 0.29) is 18.4 Å². The van der Waals surface area contributed by atoms with Gasteiger partial charge in [0.05, 0.1) is 5.92 Å². The molecule has 1 amide bonds. The van der Waals surface area contributed by atoms with E-state index in [0.29, 0.717) is 5.56 Å². The molecule has 0 bridgehead atoms. The lowest BCUT2D eigenvalue weighted by Crippen LogP contribution is -2.35. The van der Waals surface area contributed by atoms with E-state index in [4.69, 9.17) is 5.11 Å². The Labute approximate surface area is 115 Å². The van der Waals surface area contributed by atoms with Crippen molar-refractivity contribution in [2.24, 2.45) is 11.8 Å². The maximum absolute atomic E-state index is 11.8. The maximum Gasteiger partial charge on any atom is 0.308 e. The minimum atomic E-state index is -0.888. The molecular weight excluding hydrogens is 298 g/mol. The van der Waals surface area contributed by atoms with Crippen molar-refractivity contribution in [2.75, 3.05) is 6.54 Å². The van der Waals surface area contributed by atoms with Gasteiger partial charge in [-0.25, -0.2) is 0 Å². The monoisotopic (exact) mass is 313 g/mol. The molecule has 0 heterocycles. The molecule has 1 aromatic rings. The van der Waals surface area contributed by atoms with Gasteiger partial charge in [0.25, 0.3) is 5.91 Å². The quantitative estimate of drug-likeness (QED) is 0.878. The summed E-state index contributed by atoms with van der Waals surface area (Å²) in [6.07, 6.45) is 0. The number of carbonyl (C=O) groups is 2. The van der Waals surface area contributed by atoms with Gasteiger partial charge < -0.3 is 10.4 Å². The number of carboxylic acid groups (broad SMARTS) is 1. The van der Waals surface area contributed by atoms with Crippen LogP contribution in [-0.4, -0.2) is 23.5 Å². The van der Waals surface area contributed by atoms with Crippen molar-refractivity contribution in [3.05, 3.63) is 34.3 Å². The summed E-state index contributed by atoms with van der Waals surface area (Å²) >= 11 is 3.29. The van der Waals surface area contributed by atoms with Crippen molar-refractivity contribution < 1.29 is 14.7 Å². The van der Waals surface area contributed by atoms with Crippen LogP contribution in [0.4, 0.5) is 0 Å². The lowest BCUT2D eigenvalue weighted by molar-refractivity contribution is -0.142. The van der Waals surface area contributed by atoms with Gasteiger partial charge in [0.2, 0.25) is 0 Å². The van der Waals surface area contributed by atoms with Crippen LogP contribution in [0.1, 0.15) is 24.2 Å². The van der Waals surface area contributed by atoms with Gasteiger partial charge >= 0.3 is 5.97 Å². The first-order valence-electron chi connectivity index (χ1n) is 5.68. The first-order chi connectivity index (χ1) is 8.41. The fourth-order valence-corrected chi connectivity index (χ4v) is 1.78. The topological polar surface area (TPSA) is 66.4 Å². The predicted octanol–water partition coefficient (Wildman–Crippen LogP) is 2.54. The summed E-state index contributed by atoms with van der Waals surface area (Å²) in [7, 11) is 0. The molecule has 1 aromatic carbocycles. The van der Waals surface area contributed by atoms with Crippen LogP contribution in [0, 0.1) is 11.8 Å². The number of hydrogen-bond donors (Lipinski definition) is 2. The number of carbonyl (C=O) groups excluding carboxylic acids is 1. The van der Waals surface area contributed by atoms with Crippen molar-refractivity contribution in [1.29, 1.82) is 0 Å². The van der Waals surface area contributed by atoms with Crippen LogP contribution in [-0.2, 0) is 4.79 Å². The molecule has 0 aromatic heterocycles. The molecule has 4 nitrogen and oxygen atoms in total. The number of halogens is 1. The molecule has 18 heavy (non-hydrogen) atoms. The van der Waals surface area contributed by atoms with E-state index < -0.39 is 11.9 Å². The molecule has 0 fully saturated rings. The van der Waals surface area contributed by atoms with E-state index in [1.807, 2.05) is 13.8 Å². The zero-order valence-electron chi connectivity index (χ0n) is 10.3. The van der Waals surface area contributed by atoms with E-state index in [1.165, 1.54) is 0 Å². The van der Waals surface area contributed by atoms with Crippen molar-refractivity contribution in [3.8, 4) is 0 Å². The summed E-state index contributed by atoms with van der Waals surface area (Å²) < 4.78 is 0.893. The summed E-state index contributed by atoms with van der Waals surface area (Å²) in [6, 6.07) is 6.91. The number of amides is 1. The zero-order valence-corrected chi connectivity index (χ0v) is 11.9. The minimum absolute atomic E-state index is 0.0206. The number of hydrogen-bond acceptors (Lipinski definition) is 2. The molecule has 0 aliphatic heterocycles. The van der Waals surface area contributed by atoms with Gasteiger partial charge in [-0.2, -0.15) is 0 Å². The average molecular weight is 314 g/mol. The predicted molar refractivity (Wildman–Crippen MR) is 72.4 cm³/mol. The second kappa shape index (κ2) is 6.54. The summed E-state index contributed by atoms with van der Waals surface area (Å²) in [5, 5.41) is 11.7. The Balaban J connectivity index is 2.60. The van der Waals surface area contributed by atoms with Crippen LogP contribution >= 0.6 is 15.9 Å². The maximum atomic E-state index is 11.8. The highest BCUT2D eigenvalue weighted by atomic mass is 79.9. The van der Waals surface area contributed by atoms with Crippen molar-refractivity contribution in [3.63, 3.8) is 0 Å². The number of benzene rings is 1. The molecular formula is C13H16BrNO3. The standard InChI is InChI=1S/C13H16BrNO3/c1-8(2)11(13(17)18)7-15-12(16)9-3-5-10(14)6-4-9/h3-6,8,11H,7H2,1-2H3,(H,15,16)(H,17,18). The van der Waals surface area contributed by atoms with Gasteiger partial charge in [-0.05, 0) is 30.2 Å². The van der Waals surface area contributed by atoms with Gasteiger partial charge in [-0.3, -0.25) is 9.59 Å². The number of nitrogens with one attached hydrogen (secondary N) is 1. The first-order valence-corrected chi connectivity index (χ1v) is 6.47. The molecule has 0 saturated heterocycles. The van der Waals surface area contributed by atoms with Crippen LogP contribution in [0.15, 0.2) is 28.7 Å². The molecule has 0 saturated carbocycles. The fourth-order valence-electron chi connectivity index (χ4n) is 1.51. The Kier molecular flexibility index (Phi) is 5.34. The Morgan fingerprint density at radius 2 is 1.83 bits per heavy atom. The van der Waals surface area contributed by atoms with Crippen LogP contribution in [0.5, 0.6) is 0 Å². The molecule has 98 valence electrons. The Morgan fingerprint density at radius 3 is 2.28 bits per heavy atom. The van der Waals surface area contributed by atoms with E-state index >= 15 is 0 Å². The first kappa shape index (κ1) is 14.7. The third-order valence-electron chi connectivity index (χ3n) is 2.71. The van der Waals surface area contributed by atoms with E-state index in [2.05, 4.69) is 21.2 Å². The number of carboxylic acids is 1. The molecule has 1 unspecified atom stereocenters. The Bertz CT molecular complexity index is 428. The summed E-state index contributed by atoms with van der Waals surface area (Å²) in [5.41, 5.74) is 0.520. The molecule has 2 N–H and O–H groups in total. The normalized spacial score (nSPS) is 12.2. The number of aliphatic carboxylic acids is 1. The Morgan fingerprint density at radius 1 is 1.28 bits per heavy atom. The lowest BCUT2D eigenvalue weighted by atomic mass is 9.96. The molecule has 0 aliphatic rings. The summed E-state index contributed by atoms with van der Waals surface area (Å²) in [4.78, 5) is 22.8. The zero-order chi connectivity index (χ0) is 13.7. The summed E-state index contributed by atoms with van der Waals surface area (Å²) in [6.45, 7) is 3.79. The second-order valence-electron chi connectivity index (χ2n) is 4.41. The second-order valence-corrected chi connectivity index (χ2v) is 5.32. The molecule has 0 spiro atoms. The van der Waals surface area contributed by atoms with Gasteiger partial charge in [-0.1, -0.05) is 29.8 Å². The van der Waals surface area contributed by atoms with Gasteiger partial charge in [0.1, 0.15) is 0 Å². The highest BCUT2D eigenvalue weighted by Crippen LogP contribution is 2.12. The van der Waals surface area contributed by atoms with Crippen LogP contribution in [0.25, 0.3) is 0 Å². The lowest BCUT2D eigenvalue weighted by Gasteiger charge is -2.16. The van der Waals surface area contributed by atoms with Gasteiger partial charge in [0, 0.05) is 16.6 Å². The molecule has 0 aliphatic carbocycles. The third kappa shape index (κ3) is 4.14. The van der Waals surface area contributed by atoms with Crippen molar-refractivity contribution in [2.45, 2.75) is 13.8 Å². The molecule has 0 radical (unpaired) electrons. The molecule has 5 heteroatoms. The number of rotatable bonds is 5. The molecule has 1 rings (SSSR count). The SMILES string of the molecule is CC(C)C(CNC(=O)c1ccc(Br)cc1)C(=O)O.